The van der Waals surface area contributed by atoms with Crippen LogP contribution in [0.3, 0.4) is 0 Å². The molecule has 9 heteroatoms. The minimum Gasteiger partial charge on any atom is -0.504 e. The Morgan fingerprint density at radius 2 is 1.97 bits per heavy atom. The first-order chi connectivity index (χ1) is 14.0. The second-order valence-corrected chi connectivity index (χ2v) is 7.55. The van der Waals surface area contributed by atoms with Crippen molar-refractivity contribution in [2.75, 3.05) is 19.5 Å². The number of aromatic hydroxyl groups is 2. The molecule has 0 aliphatic carbocycles. The molecule has 0 amide bonds. The van der Waals surface area contributed by atoms with Gasteiger partial charge in [0, 0.05) is 31.4 Å². The van der Waals surface area contributed by atoms with Gasteiger partial charge in [-0.2, -0.15) is 0 Å². The number of carbonyl (C=O) groups excluding carboxylic acids is 1. The number of thioether (sulfide) groups is 1. The Kier molecular flexibility index (Phi) is 7.13. The monoisotopic (exact) mass is 433 g/mol. The standard InChI is InChI=1S/C20H20ClN3O4S/c1-28-10-4-9-24-19(14-5-2-3-6-15(14)21)22-23-20(24)29-12-18(27)13-7-8-16(25)17(26)11-13/h2-3,5-8,11,25-26H,4,9-10,12H2,1H3. The zero-order valence-electron chi connectivity index (χ0n) is 15.7. The van der Waals surface area contributed by atoms with Gasteiger partial charge in [0.05, 0.1) is 10.8 Å². The summed E-state index contributed by atoms with van der Waals surface area (Å²) in [4.78, 5) is 12.5. The van der Waals surface area contributed by atoms with Crippen molar-refractivity contribution in [2.45, 2.75) is 18.1 Å². The van der Waals surface area contributed by atoms with Crippen LogP contribution in [0, 0.1) is 0 Å². The van der Waals surface area contributed by atoms with Crippen LogP contribution in [-0.2, 0) is 11.3 Å². The van der Waals surface area contributed by atoms with Gasteiger partial charge in [-0.25, -0.2) is 0 Å². The molecule has 3 aromatic rings. The van der Waals surface area contributed by atoms with Crippen molar-refractivity contribution in [3.05, 3.63) is 53.1 Å². The fourth-order valence-corrected chi connectivity index (χ4v) is 3.80. The van der Waals surface area contributed by atoms with E-state index in [0.29, 0.717) is 34.7 Å². The van der Waals surface area contributed by atoms with E-state index in [-0.39, 0.29) is 23.0 Å². The summed E-state index contributed by atoms with van der Waals surface area (Å²) in [6, 6.07) is 11.4. The molecule has 7 nitrogen and oxygen atoms in total. The molecule has 0 radical (unpaired) electrons. The molecule has 0 saturated heterocycles. The van der Waals surface area contributed by atoms with Crippen LogP contribution >= 0.6 is 23.4 Å². The summed E-state index contributed by atoms with van der Waals surface area (Å²) in [6.07, 6.45) is 0.749. The van der Waals surface area contributed by atoms with Gasteiger partial charge in [0.1, 0.15) is 0 Å². The fraction of sp³-hybridized carbons (Fsp3) is 0.250. The molecule has 0 aliphatic heterocycles. The molecule has 3 rings (SSSR count). The summed E-state index contributed by atoms with van der Waals surface area (Å²) in [5.74, 6) is -0.0594. The van der Waals surface area contributed by atoms with Gasteiger partial charge in [0.2, 0.25) is 0 Å². The molecule has 0 saturated carbocycles. The Hall–Kier alpha value is -2.55. The van der Waals surface area contributed by atoms with E-state index in [1.165, 1.54) is 30.0 Å². The average molecular weight is 434 g/mol. The van der Waals surface area contributed by atoms with E-state index in [2.05, 4.69) is 10.2 Å². The second-order valence-electron chi connectivity index (χ2n) is 6.20. The van der Waals surface area contributed by atoms with E-state index in [1.807, 2.05) is 22.8 Å². The number of phenols is 2. The van der Waals surface area contributed by atoms with Gasteiger partial charge in [-0.05, 0) is 36.8 Å². The normalized spacial score (nSPS) is 11.0. The van der Waals surface area contributed by atoms with Crippen molar-refractivity contribution >= 4 is 29.1 Å². The number of ether oxygens (including phenoxy) is 1. The number of Topliss-reactive ketones (excluding diaryl/α,β-unsaturated/α-hetero) is 1. The first kappa shape index (κ1) is 21.2. The Morgan fingerprint density at radius 3 is 2.69 bits per heavy atom. The number of ketones is 1. The molecule has 152 valence electrons. The van der Waals surface area contributed by atoms with Gasteiger partial charge in [-0.15, -0.1) is 10.2 Å². The van der Waals surface area contributed by atoms with Crippen molar-refractivity contribution in [2.24, 2.45) is 0 Å². The smallest absolute Gasteiger partial charge is 0.191 e. The maximum atomic E-state index is 12.5. The Morgan fingerprint density at radius 1 is 1.17 bits per heavy atom. The van der Waals surface area contributed by atoms with Gasteiger partial charge in [0.25, 0.3) is 0 Å². The summed E-state index contributed by atoms with van der Waals surface area (Å²) in [7, 11) is 1.64. The highest BCUT2D eigenvalue weighted by Gasteiger charge is 2.18. The van der Waals surface area contributed by atoms with Gasteiger partial charge < -0.3 is 19.5 Å². The highest BCUT2D eigenvalue weighted by Crippen LogP contribution is 2.30. The second kappa shape index (κ2) is 9.78. The van der Waals surface area contributed by atoms with Crippen LogP contribution in [0.5, 0.6) is 11.5 Å². The van der Waals surface area contributed by atoms with Crippen LogP contribution in [0.25, 0.3) is 11.4 Å². The molecule has 0 fully saturated rings. The first-order valence-electron chi connectivity index (χ1n) is 8.86. The van der Waals surface area contributed by atoms with Crippen LogP contribution in [0.1, 0.15) is 16.8 Å². The molecule has 0 unspecified atom stereocenters. The average Bonchev–Trinajstić information content (AvgIpc) is 3.11. The quantitative estimate of drug-likeness (QED) is 0.227. The highest BCUT2D eigenvalue weighted by molar-refractivity contribution is 7.99. The third kappa shape index (κ3) is 5.09. The van der Waals surface area contributed by atoms with Crippen LogP contribution in [0.4, 0.5) is 0 Å². The fourth-order valence-electron chi connectivity index (χ4n) is 2.72. The van der Waals surface area contributed by atoms with E-state index in [0.717, 1.165) is 12.0 Å². The van der Waals surface area contributed by atoms with Crippen molar-refractivity contribution < 1.29 is 19.7 Å². The zero-order chi connectivity index (χ0) is 20.8. The van der Waals surface area contributed by atoms with Crippen LogP contribution in [0.15, 0.2) is 47.6 Å². The molecular formula is C20H20ClN3O4S. The number of rotatable bonds is 9. The first-order valence-corrected chi connectivity index (χ1v) is 10.2. The van der Waals surface area contributed by atoms with E-state index in [9.17, 15) is 15.0 Å². The van der Waals surface area contributed by atoms with Crippen molar-refractivity contribution in [3.8, 4) is 22.9 Å². The van der Waals surface area contributed by atoms with Gasteiger partial charge in [0.15, 0.2) is 28.3 Å². The van der Waals surface area contributed by atoms with Gasteiger partial charge in [-0.3, -0.25) is 4.79 Å². The summed E-state index contributed by atoms with van der Waals surface area (Å²) in [5.41, 5.74) is 1.07. The lowest BCUT2D eigenvalue weighted by molar-refractivity contribution is 0.102. The predicted octanol–water partition coefficient (Wildman–Crippen LogP) is 4.02. The van der Waals surface area contributed by atoms with Crippen LogP contribution in [0.2, 0.25) is 5.02 Å². The number of phenolic OH excluding ortho intramolecular Hbond substituents is 2. The summed E-state index contributed by atoms with van der Waals surface area (Å²) in [6.45, 7) is 1.19. The number of carbonyl (C=O) groups is 1. The molecule has 2 aromatic carbocycles. The third-order valence-corrected chi connectivity index (χ3v) is 5.49. The lowest BCUT2D eigenvalue weighted by Gasteiger charge is -2.11. The molecule has 0 spiro atoms. The highest BCUT2D eigenvalue weighted by atomic mass is 35.5. The van der Waals surface area contributed by atoms with Gasteiger partial charge >= 0.3 is 0 Å². The molecule has 0 aliphatic rings. The number of aromatic nitrogens is 3. The summed E-state index contributed by atoms with van der Waals surface area (Å²) < 4.78 is 7.06. The summed E-state index contributed by atoms with van der Waals surface area (Å²) in [5, 5.41) is 28.7. The molecular weight excluding hydrogens is 414 g/mol. The lowest BCUT2D eigenvalue weighted by atomic mass is 10.1. The van der Waals surface area contributed by atoms with Crippen molar-refractivity contribution in [3.63, 3.8) is 0 Å². The minimum atomic E-state index is -0.329. The number of hydrogen-bond acceptors (Lipinski definition) is 7. The number of nitrogens with zero attached hydrogens (tertiary/aromatic N) is 3. The Labute approximate surface area is 177 Å². The van der Waals surface area contributed by atoms with Gasteiger partial charge in [-0.1, -0.05) is 35.5 Å². The van der Waals surface area contributed by atoms with E-state index >= 15 is 0 Å². The number of hydrogen-bond donors (Lipinski definition) is 2. The van der Waals surface area contributed by atoms with Crippen molar-refractivity contribution in [1.29, 1.82) is 0 Å². The maximum absolute atomic E-state index is 12.5. The zero-order valence-corrected chi connectivity index (χ0v) is 17.3. The number of methoxy groups -OCH3 is 1. The molecule has 1 aromatic heterocycles. The lowest BCUT2D eigenvalue weighted by Crippen LogP contribution is -2.07. The SMILES string of the molecule is COCCCn1c(SCC(=O)c2ccc(O)c(O)c2)nnc1-c1ccccc1Cl. The van der Waals surface area contributed by atoms with E-state index in [4.69, 9.17) is 16.3 Å². The molecule has 1 heterocycles. The van der Waals surface area contributed by atoms with E-state index < -0.39 is 0 Å². The number of halogens is 1. The summed E-state index contributed by atoms with van der Waals surface area (Å²) >= 11 is 7.58. The molecule has 29 heavy (non-hydrogen) atoms. The molecule has 0 bridgehead atoms. The van der Waals surface area contributed by atoms with Crippen LogP contribution in [-0.4, -0.2) is 50.2 Å². The predicted molar refractivity (Wildman–Crippen MR) is 112 cm³/mol. The Balaban J connectivity index is 1.81. The largest absolute Gasteiger partial charge is 0.504 e. The topological polar surface area (TPSA) is 97.5 Å². The maximum Gasteiger partial charge on any atom is 0.191 e. The Bertz CT molecular complexity index is 1010. The van der Waals surface area contributed by atoms with Crippen LogP contribution < -0.4 is 0 Å². The van der Waals surface area contributed by atoms with Crippen molar-refractivity contribution in [1.82, 2.24) is 14.8 Å². The number of benzene rings is 2. The third-order valence-electron chi connectivity index (χ3n) is 4.19. The molecule has 2 N–H and O–H groups in total. The minimum absolute atomic E-state index is 0.106. The van der Waals surface area contributed by atoms with E-state index in [1.54, 1.807) is 13.2 Å². The molecule has 0 atom stereocenters.